The van der Waals surface area contributed by atoms with E-state index in [9.17, 15) is 18.0 Å². The zero-order valence-electron chi connectivity index (χ0n) is 19.9. The SMILES string of the molecule is CCOc1ccc(-c2coc3cc(OC)c(/C(C)=C/C(=O)Nc4ccc(C(F)(F)F)cc4)cc23)cc1. The molecule has 0 unspecified atom stereocenters. The Balaban J connectivity index is 1.62. The number of ether oxygens (including phenoxy) is 2. The van der Waals surface area contributed by atoms with Gasteiger partial charge in [0, 0.05) is 34.3 Å². The third-order valence-electron chi connectivity index (χ3n) is 5.62. The molecule has 1 heterocycles. The monoisotopic (exact) mass is 495 g/mol. The predicted octanol–water partition coefficient (Wildman–Crippen LogP) is 7.57. The van der Waals surface area contributed by atoms with Crippen LogP contribution in [-0.4, -0.2) is 19.6 Å². The van der Waals surface area contributed by atoms with E-state index in [0.29, 0.717) is 29.1 Å². The van der Waals surface area contributed by atoms with Crippen LogP contribution in [0.2, 0.25) is 0 Å². The van der Waals surface area contributed by atoms with E-state index in [0.717, 1.165) is 34.4 Å². The zero-order valence-corrected chi connectivity index (χ0v) is 19.9. The Kier molecular flexibility index (Phi) is 7.05. The van der Waals surface area contributed by atoms with Crippen LogP contribution in [0.4, 0.5) is 18.9 Å². The van der Waals surface area contributed by atoms with E-state index in [1.807, 2.05) is 37.3 Å². The molecule has 0 aliphatic heterocycles. The molecule has 0 spiro atoms. The summed E-state index contributed by atoms with van der Waals surface area (Å²) in [6.45, 7) is 4.26. The molecule has 0 radical (unpaired) electrons. The van der Waals surface area contributed by atoms with Crippen molar-refractivity contribution in [3.63, 3.8) is 0 Å². The Morgan fingerprint density at radius 3 is 2.36 bits per heavy atom. The third kappa shape index (κ3) is 5.38. The summed E-state index contributed by atoms with van der Waals surface area (Å²) >= 11 is 0. The molecule has 0 fully saturated rings. The van der Waals surface area contributed by atoms with Crippen LogP contribution in [-0.2, 0) is 11.0 Å². The number of benzene rings is 3. The Morgan fingerprint density at radius 2 is 1.75 bits per heavy atom. The molecule has 1 N–H and O–H groups in total. The number of methoxy groups -OCH3 is 1. The Morgan fingerprint density at radius 1 is 1.06 bits per heavy atom. The van der Waals surface area contributed by atoms with Gasteiger partial charge in [0.1, 0.15) is 17.1 Å². The Bertz CT molecular complexity index is 1400. The maximum atomic E-state index is 12.8. The quantitative estimate of drug-likeness (QED) is 0.269. The van der Waals surface area contributed by atoms with Crippen LogP contribution in [0.1, 0.15) is 25.0 Å². The molecule has 5 nitrogen and oxygen atoms in total. The number of hydrogen-bond acceptors (Lipinski definition) is 4. The van der Waals surface area contributed by atoms with Crippen molar-refractivity contribution in [3.05, 3.63) is 84.1 Å². The van der Waals surface area contributed by atoms with Crippen molar-refractivity contribution in [2.75, 3.05) is 19.0 Å². The molecule has 0 bridgehead atoms. The normalized spacial score (nSPS) is 12.0. The number of alkyl halides is 3. The first-order chi connectivity index (χ1) is 17.2. The molecule has 0 aliphatic carbocycles. The number of anilines is 1. The zero-order chi connectivity index (χ0) is 25.9. The van der Waals surface area contributed by atoms with Gasteiger partial charge in [-0.2, -0.15) is 13.2 Å². The number of allylic oxidation sites excluding steroid dienone is 1. The summed E-state index contributed by atoms with van der Waals surface area (Å²) in [5.41, 5.74) is 3.20. The van der Waals surface area contributed by atoms with Crippen molar-refractivity contribution in [2.45, 2.75) is 20.0 Å². The van der Waals surface area contributed by atoms with Crippen LogP contribution < -0.4 is 14.8 Å². The molecule has 4 rings (SSSR count). The number of hydrogen-bond donors (Lipinski definition) is 1. The van der Waals surface area contributed by atoms with Crippen LogP contribution in [0.15, 0.2) is 77.4 Å². The number of rotatable bonds is 7. The molecule has 0 saturated carbocycles. The minimum atomic E-state index is -4.44. The maximum absolute atomic E-state index is 12.8. The molecule has 0 atom stereocenters. The van der Waals surface area contributed by atoms with E-state index in [1.165, 1.54) is 25.3 Å². The lowest BCUT2D eigenvalue weighted by Crippen LogP contribution is -2.10. The second-order valence-corrected chi connectivity index (χ2v) is 8.05. The molecule has 1 aromatic heterocycles. The lowest BCUT2D eigenvalue weighted by Gasteiger charge is -2.11. The predicted molar refractivity (Wildman–Crippen MR) is 133 cm³/mol. The number of halogens is 3. The van der Waals surface area contributed by atoms with E-state index < -0.39 is 17.6 Å². The topological polar surface area (TPSA) is 60.7 Å². The van der Waals surface area contributed by atoms with Gasteiger partial charge in [-0.05, 0) is 67.4 Å². The largest absolute Gasteiger partial charge is 0.496 e. The van der Waals surface area contributed by atoms with Crippen molar-refractivity contribution in [1.29, 1.82) is 0 Å². The highest BCUT2D eigenvalue weighted by molar-refractivity contribution is 6.05. The average Bonchev–Trinajstić information content (AvgIpc) is 3.26. The summed E-state index contributed by atoms with van der Waals surface area (Å²) in [4.78, 5) is 12.6. The van der Waals surface area contributed by atoms with Gasteiger partial charge < -0.3 is 19.2 Å². The van der Waals surface area contributed by atoms with Gasteiger partial charge >= 0.3 is 6.18 Å². The molecular weight excluding hydrogens is 471 g/mol. The third-order valence-corrected chi connectivity index (χ3v) is 5.62. The summed E-state index contributed by atoms with van der Waals surface area (Å²) in [6, 6.07) is 15.6. The average molecular weight is 495 g/mol. The number of carbonyl (C=O) groups is 1. The molecular formula is C28H24F3NO4. The van der Waals surface area contributed by atoms with Crippen LogP contribution in [0.25, 0.3) is 27.7 Å². The van der Waals surface area contributed by atoms with Crippen LogP contribution in [0.5, 0.6) is 11.5 Å². The molecule has 8 heteroatoms. The minimum Gasteiger partial charge on any atom is -0.496 e. The highest BCUT2D eigenvalue weighted by Gasteiger charge is 2.30. The van der Waals surface area contributed by atoms with Crippen molar-refractivity contribution in [2.24, 2.45) is 0 Å². The van der Waals surface area contributed by atoms with Crippen LogP contribution >= 0.6 is 0 Å². The number of furan rings is 1. The smallest absolute Gasteiger partial charge is 0.416 e. The Hall–Kier alpha value is -4.20. The number of carbonyl (C=O) groups excluding carboxylic acids is 1. The summed E-state index contributed by atoms with van der Waals surface area (Å²) in [5, 5.41) is 3.43. The number of fused-ring (bicyclic) bond motifs is 1. The van der Waals surface area contributed by atoms with E-state index in [-0.39, 0.29) is 5.69 Å². The van der Waals surface area contributed by atoms with Gasteiger partial charge in [0.25, 0.3) is 0 Å². The second kappa shape index (κ2) is 10.2. The minimum absolute atomic E-state index is 0.257. The van der Waals surface area contributed by atoms with E-state index in [1.54, 1.807) is 19.3 Å². The van der Waals surface area contributed by atoms with Gasteiger partial charge in [-0.25, -0.2) is 0 Å². The summed E-state index contributed by atoms with van der Waals surface area (Å²) in [7, 11) is 1.52. The fraction of sp³-hybridized carbons (Fsp3) is 0.179. The summed E-state index contributed by atoms with van der Waals surface area (Å²) in [6.07, 6.45) is -1.40. The van der Waals surface area contributed by atoms with E-state index >= 15 is 0 Å². The standard InChI is InChI=1S/C28H24F3NO4/c1-4-35-21-11-5-18(6-12-21)24-16-36-26-15-25(34-3)22(14-23(24)26)17(2)13-27(33)32-20-9-7-19(8-10-20)28(29,30)31/h5-16H,4H2,1-3H3,(H,32,33)/b17-13+. The lowest BCUT2D eigenvalue weighted by molar-refractivity contribution is -0.137. The number of amides is 1. The fourth-order valence-corrected chi connectivity index (χ4v) is 3.85. The van der Waals surface area contributed by atoms with Crippen molar-refractivity contribution in [3.8, 4) is 22.6 Å². The van der Waals surface area contributed by atoms with Gasteiger partial charge in [0.05, 0.1) is 25.5 Å². The van der Waals surface area contributed by atoms with Crippen LogP contribution in [0.3, 0.4) is 0 Å². The van der Waals surface area contributed by atoms with Gasteiger partial charge in [-0.15, -0.1) is 0 Å². The first-order valence-electron chi connectivity index (χ1n) is 11.2. The maximum Gasteiger partial charge on any atom is 0.416 e. The molecule has 186 valence electrons. The van der Waals surface area contributed by atoms with E-state index in [4.69, 9.17) is 13.9 Å². The second-order valence-electron chi connectivity index (χ2n) is 8.05. The molecule has 3 aromatic carbocycles. The lowest BCUT2D eigenvalue weighted by atomic mass is 9.99. The van der Waals surface area contributed by atoms with Crippen molar-refractivity contribution < 1.29 is 31.9 Å². The summed E-state index contributed by atoms with van der Waals surface area (Å²) < 4.78 is 55.1. The highest BCUT2D eigenvalue weighted by atomic mass is 19.4. The fourth-order valence-electron chi connectivity index (χ4n) is 3.85. The van der Waals surface area contributed by atoms with Crippen molar-refractivity contribution in [1.82, 2.24) is 0 Å². The summed E-state index contributed by atoms with van der Waals surface area (Å²) in [5.74, 6) is 0.814. The van der Waals surface area contributed by atoms with E-state index in [2.05, 4.69) is 5.32 Å². The van der Waals surface area contributed by atoms with Gasteiger partial charge in [-0.1, -0.05) is 12.1 Å². The van der Waals surface area contributed by atoms with Gasteiger partial charge in [0.2, 0.25) is 5.91 Å². The molecule has 36 heavy (non-hydrogen) atoms. The molecule has 0 saturated heterocycles. The van der Waals surface area contributed by atoms with Gasteiger partial charge in [0.15, 0.2) is 0 Å². The van der Waals surface area contributed by atoms with Gasteiger partial charge in [-0.3, -0.25) is 4.79 Å². The highest BCUT2D eigenvalue weighted by Crippen LogP contribution is 2.38. The van der Waals surface area contributed by atoms with Crippen molar-refractivity contribution >= 4 is 28.1 Å². The first-order valence-corrected chi connectivity index (χ1v) is 11.2. The number of nitrogens with one attached hydrogen (secondary N) is 1. The molecule has 1 amide bonds. The molecule has 0 aliphatic rings. The first kappa shape index (κ1) is 24.9. The Labute approximate surface area is 206 Å². The molecule has 4 aromatic rings. The van der Waals surface area contributed by atoms with Crippen LogP contribution in [0, 0.1) is 0 Å².